The van der Waals surface area contributed by atoms with E-state index in [0.29, 0.717) is 35.5 Å². The van der Waals surface area contributed by atoms with E-state index in [1.165, 1.54) is 6.20 Å². The number of halogens is 1. The largest absolute Gasteiger partial charge is 0.494 e. The molecule has 0 atom stereocenters. The lowest BCUT2D eigenvalue weighted by Crippen LogP contribution is -2.19. The number of aromatic nitrogens is 4. The molecule has 0 bridgehead atoms. The Morgan fingerprint density at radius 1 is 1.13 bits per heavy atom. The Bertz CT molecular complexity index is 1510. The standard InChI is InChI=1S/C27H28ClN7O4/c1-30-26(36)20-14-31-23(28)12-21(20)34-22-11-16(10-19(25(22)38-3)17-13-32-35(2)15-17)6-4-7-18-8-5-9-24(33-18)39-27(29)37/h5,8-15H,4,6-7H2,1-3H3,(H2,29,37)(H,30,36)(H,31,34). The lowest BCUT2D eigenvalue weighted by atomic mass is 9.99. The molecule has 1 aromatic carbocycles. The molecule has 11 nitrogen and oxygen atoms in total. The maximum atomic E-state index is 12.5. The van der Waals surface area contributed by atoms with Crippen LogP contribution in [0.2, 0.25) is 5.15 Å². The quantitative estimate of drug-likeness (QED) is 0.248. The molecule has 0 radical (unpaired) electrons. The van der Waals surface area contributed by atoms with E-state index in [2.05, 4.69) is 31.8 Å². The van der Waals surface area contributed by atoms with Gasteiger partial charge in [-0.05, 0) is 49.1 Å². The summed E-state index contributed by atoms with van der Waals surface area (Å²) in [5.41, 5.74) is 10.1. The van der Waals surface area contributed by atoms with Crippen LogP contribution in [0.25, 0.3) is 11.1 Å². The van der Waals surface area contributed by atoms with Crippen molar-refractivity contribution >= 4 is 35.0 Å². The molecular formula is C27H28ClN7O4. The second-order valence-corrected chi connectivity index (χ2v) is 9.01. The van der Waals surface area contributed by atoms with Gasteiger partial charge in [-0.3, -0.25) is 9.48 Å². The highest BCUT2D eigenvalue weighted by molar-refractivity contribution is 6.29. The third-order valence-corrected chi connectivity index (χ3v) is 6.07. The van der Waals surface area contributed by atoms with Crippen LogP contribution in [0.4, 0.5) is 16.2 Å². The number of carbonyl (C=O) groups is 2. The zero-order chi connectivity index (χ0) is 27.9. The van der Waals surface area contributed by atoms with Gasteiger partial charge < -0.3 is 25.8 Å². The summed E-state index contributed by atoms with van der Waals surface area (Å²) in [6.45, 7) is 0. The minimum absolute atomic E-state index is 0.165. The van der Waals surface area contributed by atoms with Gasteiger partial charge in [0.25, 0.3) is 5.91 Å². The van der Waals surface area contributed by atoms with Crippen molar-refractivity contribution in [3.8, 4) is 22.8 Å². The second kappa shape index (κ2) is 12.3. The van der Waals surface area contributed by atoms with E-state index in [0.717, 1.165) is 28.8 Å². The van der Waals surface area contributed by atoms with Gasteiger partial charge in [-0.2, -0.15) is 5.10 Å². The maximum absolute atomic E-state index is 12.5. The van der Waals surface area contributed by atoms with Gasteiger partial charge in [-0.15, -0.1) is 0 Å². The molecule has 202 valence electrons. The molecule has 39 heavy (non-hydrogen) atoms. The summed E-state index contributed by atoms with van der Waals surface area (Å²) in [6, 6.07) is 10.8. The third kappa shape index (κ3) is 6.82. The first-order chi connectivity index (χ1) is 18.8. The Balaban J connectivity index is 1.67. The predicted octanol–water partition coefficient (Wildman–Crippen LogP) is 4.28. The van der Waals surface area contributed by atoms with Crippen molar-refractivity contribution < 1.29 is 19.1 Å². The molecular weight excluding hydrogens is 522 g/mol. The van der Waals surface area contributed by atoms with Gasteiger partial charge >= 0.3 is 6.09 Å². The van der Waals surface area contributed by atoms with Crippen molar-refractivity contribution in [3.05, 3.63) is 77.0 Å². The van der Waals surface area contributed by atoms with Crippen molar-refractivity contribution in [2.75, 3.05) is 19.5 Å². The number of nitrogens with one attached hydrogen (secondary N) is 2. The van der Waals surface area contributed by atoms with Crippen LogP contribution in [-0.2, 0) is 19.9 Å². The van der Waals surface area contributed by atoms with E-state index < -0.39 is 6.09 Å². The van der Waals surface area contributed by atoms with Crippen LogP contribution in [0.5, 0.6) is 11.6 Å². The minimum Gasteiger partial charge on any atom is -0.494 e. The second-order valence-electron chi connectivity index (χ2n) is 8.63. The minimum atomic E-state index is -0.907. The predicted molar refractivity (Wildman–Crippen MR) is 148 cm³/mol. The molecule has 0 aliphatic heterocycles. The summed E-state index contributed by atoms with van der Waals surface area (Å²) in [7, 11) is 4.98. The fourth-order valence-corrected chi connectivity index (χ4v) is 4.30. The van der Waals surface area contributed by atoms with Gasteiger partial charge in [0.2, 0.25) is 5.88 Å². The van der Waals surface area contributed by atoms with Gasteiger partial charge in [-0.25, -0.2) is 14.8 Å². The van der Waals surface area contributed by atoms with Crippen molar-refractivity contribution in [1.82, 2.24) is 25.1 Å². The summed E-state index contributed by atoms with van der Waals surface area (Å²) >= 11 is 6.17. The summed E-state index contributed by atoms with van der Waals surface area (Å²) in [4.78, 5) is 31.9. The monoisotopic (exact) mass is 549 g/mol. The average molecular weight is 550 g/mol. The van der Waals surface area contributed by atoms with Gasteiger partial charge in [0.15, 0.2) is 0 Å². The summed E-state index contributed by atoms with van der Waals surface area (Å²) in [5, 5.41) is 10.5. The van der Waals surface area contributed by atoms with Crippen LogP contribution in [-0.4, -0.2) is 45.9 Å². The summed E-state index contributed by atoms with van der Waals surface area (Å²) < 4.78 is 12.4. The molecule has 2 amide bonds. The molecule has 0 aliphatic rings. The molecule has 0 fully saturated rings. The number of anilines is 2. The number of aryl methyl sites for hydroxylation is 3. The number of hydrogen-bond donors (Lipinski definition) is 3. The van der Waals surface area contributed by atoms with E-state index in [-0.39, 0.29) is 16.9 Å². The number of ether oxygens (including phenoxy) is 2. The Hall–Kier alpha value is -4.64. The Labute approximate surface area is 230 Å². The van der Waals surface area contributed by atoms with Gasteiger partial charge in [0.1, 0.15) is 10.9 Å². The molecule has 0 spiro atoms. The van der Waals surface area contributed by atoms with E-state index in [1.54, 1.807) is 43.2 Å². The summed E-state index contributed by atoms with van der Waals surface area (Å²) in [6.07, 6.45) is 6.29. The number of primary amides is 1. The van der Waals surface area contributed by atoms with Crippen LogP contribution in [0.3, 0.4) is 0 Å². The van der Waals surface area contributed by atoms with Gasteiger partial charge in [-0.1, -0.05) is 17.7 Å². The SMILES string of the molecule is CNC(=O)c1cnc(Cl)cc1Nc1cc(CCCc2cccc(OC(N)=O)n2)cc(-c2cnn(C)c2)c1OC. The van der Waals surface area contributed by atoms with E-state index in [4.69, 9.17) is 26.8 Å². The molecule has 12 heteroatoms. The van der Waals surface area contributed by atoms with E-state index in [1.807, 2.05) is 25.4 Å². The van der Waals surface area contributed by atoms with Gasteiger partial charge in [0.05, 0.1) is 30.2 Å². The smallest absolute Gasteiger partial charge is 0.411 e. The van der Waals surface area contributed by atoms with Crippen molar-refractivity contribution in [2.45, 2.75) is 19.3 Å². The molecule has 4 rings (SSSR count). The van der Waals surface area contributed by atoms with Crippen LogP contribution in [0.15, 0.2) is 55.0 Å². The first-order valence-corrected chi connectivity index (χ1v) is 12.4. The summed E-state index contributed by atoms with van der Waals surface area (Å²) in [5.74, 6) is 0.442. The number of amides is 2. The Kier molecular flexibility index (Phi) is 8.62. The van der Waals surface area contributed by atoms with E-state index >= 15 is 0 Å². The first-order valence-electron chi connectivity index (χ1n) is 12.0. The van der Waals surface area contributed by atoms with Crippen LogP contribution >= 0.6 is 11.6 Å². The van der Waals surface area contributed by atoms with Crippen molar-refractivity contribution in [3.63, 3.8) is 0 Å². The maximum Gasteiger partial charge on any atom is 0.411 e. The Morgan fingerprint density at radius 2 is 1.95 bits per heavy atom. The highest BCUT2D eigenvalue weighted by Gasteiger charge is 2.18. The number of carbonyl (C=O) groups excluding carboxylic acids is 2. The molecule has 4 aromatic rings. The highest BCUT2D eigenvalue weighted by Crippen LogP contribution is 2.40. The van der Waals surface area contributed by atoms with Crippen molar-refractivity contribution in [1.29, 1.82) is 0 Å². The fraction of sp³-hybridized carbons (Fsp3) is 0.222. The van der Waals surface area contributed by atoms with Crippen LogP contribution < -0.4 is 25.8 Å². The topological polar surface area (TPSA) is 146 Å². The number of nitrogens with two attached hydrogens (primary N) is 1. The Morgan fingerprint density at radius 3 is 2.64 bits per heavy atom. The molecule has 3 heterocycles. The lowest BCUT2D eigenvalue weighted by molar-refractivity contribution is 0.0963. The average Bonchev–Trinajstić information content (AvgIpc) is 3.34. The number of pyridine rings is 2. The van der Waals surface area contributed by atoms with Crippen molar-refractivity contribution in [2.24, 2.45) is 12.8 Å². The fourth-order valence-electron chi connectivity index (χ4n) is 4.14. The number of methoxy groups -OCH3 is 1. The molecule has 0 saturated carbocycles. The normalized spacial score (nSPS) is 10.7. The molecule has 0 saturated heterocycles. The molecule has 0 aliphatic carbocycles. The molecule has 3 aromatic heterocycles. The third-order valence-electron chi connectivity index (χ3n) is 5.87. The number of benzene rings is 1. The van der Waals surface area contributed by atoms with Crippen LogP contribution in [0.1, 0.15) is 28.0 Å². The van der Waals surface area contributed by atoms with Crippen LogP contribution in [0, 0.1) is 0 Å². The lowest BCUT2D eigenvalue weighted by Gasteiger charge is -2.18. The molecule has 0 unspecified atom stereocenters. The van der Waals surface area contributed by atoms with E-state index in [9.17, 15) is 9.59 Å². The zero-order valence-corrected chi connectivity index (χ0v) is 22.5. The molecule has 4 N–H and O–H groups in total. The van der Waals surface area contributed by atoms with Gasteiger partial charge in [0, 0.05) is 49.4 Å². The first kappa shape index (κ1) is 27.4. The number of hydrogen-bond acceptors (Lipinski definition) is 8. The highest BCUT2D eigenvalue weighted by atomic mass is 35.5. The zero-order valence-electron chi connectivity index (χ0n) is 21.7. The number of nitrogens with zero attached hydrogens (tertiary/aromatic N) is 4. The number of rotatable bonds is 10.